The van der Waals surface area contributed by atoms with E-state index in [0.29, 0.717) is 25.2 Å². The Morgan fingerprint density at radius 3 is 2.54 bits per heavy atom. The molecule has 0 aromatic heterocycles. The lowest BCUT2D eigenvalue weighted by atomic mass is 10.2. The van der Waals surface area contributed by atoms with E-state index in [0.717, 1.165) is 5.56 Å². The molecule has 1 aliphatic heterocycles. The summed E-state index contributed by atoms with van der Waals surface area (Å²) in [4.78, 5) is 25.9. The molecule has 0 aliphatic carbocycles. The highest BCUT2D eigenvalue weighted by Crippen LogP contribution is 2.21. The Morgan fingerprint density at radius 1 is 1.12 bits per heavy atom. The fourth-order valence-corrected chi connectivity index (χ4v) is 2.68. The van der Waals surface area contributed by atoms with E-state index >= 15 is 0 Å². The number of hydrogen-bond donors (Lipinski definition) is 2. The van der Waals surface area contributed by atoms with Crippen LogP contribution in [-0.2, 0) is 11.3 Å². The first kappa shape index (κ1) is 16.0. The molecule has 2 aromatic rings. The van der Waals surface area contributed by atoms with Crippen LogP contribution in [0.1, 0.15) is 12.0 Å². The minimum absolute atomic E-state index is 0.184. The maximum atomic E-state index is 13.0. The Morgan fingerprint density at radius 2 is 1.83 bits per heavy atom. The highest BCUT2D eigenvalue weighted by Gasteiger charge is 2.33. The van der Waals surface area contributed by atoms with Crippen molar-refractivity contribution in [2.75, 3.05) is 11.4 Å². The zero-order chi connectivity index (χ0) is 16.9. The molecule has 1 fully saturated rings. The molecule has 24 heavy (non-hydrogen) atoms. The van der Waals surface area contributed by atoms with Crippen LogP contribution in [0.25, 0.3) is 0 Å². The van der Waals surface area contributed by atoms with Crippen LogP contribution in [0.3, 0.4) is 0 Å². The molecule has 0 spiro atoms. The number of halogens is 1. The molecule has 5 nitrogen and oxygen atoms in total. The third kappa shape index (κ3) is 3.71. The lowest BCUT2D eigenvalue weighted by molar-refractivity contribution is -0.118. The topological polar surface area (TPSA) is 61.4 Å². The van der Waals surface area contributed by atoms with Crippen molar-refractivity contribution in [1.29, 1.82) is 0 Å². The van der Waals surface area contributed by atoms with Gasteiger partial charge in [0.2, 0.25) is 5.91 Å². The molecule has 0 saturated carbocycles. The summed E-state index contributed by atoms with van der Waals surface area (Å²) in [7, 11) is 0. The van der Waals surface area contributed by atoms with Crippen LogP contribution < -0.4 is 15.5 Å². The molecule has 1 saturated heterocycles. The Hall–Kier alpha value is -2.89. The number of amides is 3. The molecular formula is C18H18FN3O2. The van der Waals surface area contributed by atoms with Gasteiger partial charge in [-0.05, 0) is 36.2 Å². The second kappa shape index (κ2) is 7.12. The molecule has 3 amide bonds. The van der Waals surface area contributed by atoms with Gasteiger partial charge in [0.15, 0.2) is 0 Å². The number of carbonyl (C=O) groups excluding carboxylic acids is 2. The third-order valence-electron chi connectivity index (χ3n) is 3.95. The number of hydrogen-bond acceptors (Lipinski definition) is 2. The van der Waals surface area contributed by atoms with Crippen LogP contribution in [0.2, 0.25) is 0 Å². The zero-order valence-corrected chi connectivity index (χ0v) is 13.0. The van der Waals surface area contributed by atoms with E-state index in [-0.39, 0.29) is 17.8 Å². The molecule has 3 rings (SSSR count). The summed E-state index contributed by atoms with van der Waals surface area (Å²) in [6.45, 7) is 0.892. The van der Waals surface area contributed by atoms with Crippen LogP contribution in [-0.4, -0.2) is 24.5 Å². The molecule has 1 heterocycles. The van der Waals surface area contributed by atoms with Crippen LogP contribution >= 0.6 is 0 Å². The second-order valence-corrected chi connectivity index (χ2v) is 5.62. The quantitative estimate of drug-likeness (QED) is 0.906. The number of benzene rings is 2. The summed E-state index contributed by atoms with van der Waals surface area (Å²) in [5, 5.41) is 5.43. The second-order valence-electron chi connectivity index (χ2n) is 5.62. The van der Waals surface area contributed by atoms with E-state index in [9.17, 15) is 14.0 Å². The molecular weight excluding hydrogens is 309 g/mol. The average Bonchev–Trinajstić information content (AvgIpc) is 2.95. The van der Waals surface area contributed by atoms with E-state index in [4.69, 9.17) is 0 Å². The number of nitrogens with one attached hydrogen (secondary N) is 2. The summed E-state index contributed by atoms with van der Waals surface area (Å²) >= 11 is 0. The predicted octanol–water partition coefficient (Wildman–Crippen LogP) is 2.43. The molecule has 2 N–H and O–H groups in total. The smallest absolute Gasteiger partial charge is 0.315 e. The van der Waals surface area contributed by atoms with Crippen molar-refractivity contribution < 1.29 is 14.0 Å². The van der Waals surface area contributed by atoms with Gasteiger partial charge in [0, 0.05) is 18.8 Å². The average molecular weight is 327 g/mol. The minimum atomic E-state index is -0.564. The number of carbonyl (C=O) groups is 2. The van der Waals surface area contributed by atoms with Gasteiger partial charge in [-0.1, -0.05) is 30.3 Å². The number of urea groups is 1. The summed E-state index contributed by atoms with van der Waals surface area (Å²) in [6.07, 6.45) is 0.523. The maximum absolute atomic E-state index is 13.0. The Bertz CT molecular complexity index is 719. The van der Waals surface area contributed by atoms with Crippen LogP contribution in [0, 0.1) is 5.82 Å². The minimum Gasteiger partial charge on any atom is -0.334 e. The van der Waals surface area contributed by atoms with Crippen LogP contribution in [0.5, 0.6) is 0 Å². The Balaban J connectivity index is 1.53. The van der Waals surface area contributed by atoms with Crippen molar-refractivity contribution in [1.82, 2.24) is 10.6 Å². The van der Waals surface area contributed by atoms with Gasteiger partial charge in [-0.25, -0.2) is 9.18 Å². The van der Waals surface area contributed by atoms with Gasteiger partial charge in [0.1, 0.15) is 11.9 Å². The van der Waals surface area contributed by atoms with Crippen molar-refractivity contribution in [3.63, 3.8) is 0 Å². The number of anilines is 1. The van der Waals surface area contributed by atoms with Crippen LogP contribution in [0.4, 0.5) is 14.9 Å². The van der Waals surface area contributed by atoms with Crippen molar-refractivity contribution in [3.8, 4) is 0 Å². The van der Waals surface area contributed by atoms with Gasteiger partial charge in [0.05, 0.1) is 0 Å². The molecule has 1 atom stereocenters. The van der Waals surface area contributed by atoms with Gasteiger partial charge < -0.3 is 15.5 Å². The molecule has 1 aliphatic rings. The monoisotopic (exact) mass is 327 g/mol. The first-order chi connectivity index (χ1) is 11.6. The van der Waals surface area contributed by atoms with Gasteiger partial charge in [-0.2, -0.15) is 0 Å². The largest absolute Gasteiger partial charge is 0.334 e. The van der Waals surface area contributed by atoms with E-state index < -0.39 is 6.04 Å². The fraction of sp³-hybridized carbons (Fsp3) is 0.222. The van der Waals surface area contributed by atoms with E-state index in [1.54, 1.807) is 17.0 Å². The summed E-state index contributed by atoms with van der Waals surface area (Å²) < 4.78 is 13.0. The molecule has 0 radical (unpaired) electrons. The molecule has 124 valence electrons. The highest BCUT2D eigenvalue weighted by molar-refractivity contribution is 6.01. The maximum Gasteiger partial charge on any atom is 0.315 e. The predicted molar refractivity (Wildman–Crippen MR) is 89.0 cm³/mol. The van der Waals surface area contributed by atoms with Crippen LogP contribution in [0.15, 0.2) is 54.6 Å². The van der Waals surface area contributed by atoms with Gasteiger partial charge in [-0.3, -0.25) is 4.79 Å². The van der Waals surface area contributed by atoms with Gasteiger partial charge in [0.25, 0.3) is 0 Å². The van der Waals surface area contributed by atoms with E-state index in [1.165, 1.54) is 12.1 Å². The SMILES string of the molecule is O=C(NCc1ccccc1)N[C@@H]1CCN(c2ccc(F)cc2)C1=O. The lowest BCUT2D eigenvalue weighted by Gasteiger charge is -2.17. The first-order valence-corrected chi connectivity index (χ1v) is 7.79. The highest BCUT2D eigenvalue weighted by atomic mass is 19.1. The lowest BCUT2D eigenvalue weighted by Crippen LogP contribution is -2.45. The molecule has 0 bridgehead atoms. The van der Waals surface area contributed by atoms with Crippen molar-refractivity contribution in [2.24, 2.45) is 0 Å². The van der Waals surface area contributed by atoms with Crippen molar-refractivity contribution in [3.05, 3.63) is 66.0 Å². The third-order valence-corrected chi connectivity index (χ3v) is 3.95. The van der Waals surface area contributed by atoms with Crippen molar-refractivity contribution in [2.45, 2.75) is 19.0 Å². The first-order valence-electron chi connectivity index (χ1n) is 7.79. The molecule has 2 aromatic carbocycles. The van der Waals surface area contributed by atoms with Gasteiger partial charge in [-0.15, -0.1) is 0 Å². The zero-order valence-electron chi connectivity index (χ0n) is 13.0. The fourth-order valence-electron chi connectivity index (χ4n) is 2.68. The Labute approximate surface area is 139 Å². The van der Waals surface area contributed by atoms with E-state index in [2.05, 4.69) is 10.6 Å². The Kier molecular flexibility index (Phi) is 4.74. The van der Waals surface area contributed by atoms with Crippen molar-refractivity contribution >= 4 is 17.6 Å². The molecule has 6 heteroatoms. The summed E-state index contributed by atoms with van der Waals surface area (Å²) in [5.41, 5.74) is 1.62. The number of nitrogens with zero attached hydrogens (tertiary/aromatic N) is 1. The number of rotatable bonds is 4. The van der Waals surface area contributed by atoms with E-state index in [1.807, 2.05) is 30.3 Å². The summed E-state index contributed by atoms with van der Waals surface area (Å²) in [6, 6.07) is 14.3. The molecule has 0 unspecified atom stereocenters. The standard InChI is InChI=1S/C18H18FN3O2/c19-14-6-8-15(9-7-14)22-11-10-16(17(22)23)21-18(24)20-12-13-4-2-1-3-5-13/h1-9,16H,10-12H2,(H2,20,21,24)/t16-/m1/s1. The summed E-state index contributed by atoms with van der Waals surface area (Å²) in [5.74, 6) is -0.531. The van der Waals surface area contributed by atoms with Gasteiger partial charge >= 0.3 is 6.03 Å². The normalized spacial score (nSPS) is 17.0.